The molecule has 2 amide bonds. The van der Waals surface area contributed by atoms with Gasteiger partial charge in [0.25, 0.3) is 5.91 Å². The average molecular weight is 759 g/mol. The summed E-state index contributed by atoms with van der Waals surface area (Å²) in [6.45, 7) is 3.61. The first-order chi connectivity index (χ1) is 18.5. The van der Waals surface area contributed by atoms with Crippen LogP contribution in [0.2, 0.25) is 0 Å². The first-order valence-electron chi connectivity index (χ1n) is 13.5. The number of thiol groups is 2. The minimum absolute atomic E-state index is 0. The zero-order valence-electron chi connectivity index (χ0n) is 23.0. The van der Waals surface area contributed by atoms with E-state index in [0.717, 1.165) is 62.0 Å². The van der Waals surface area contributed by atoms with Gasteiger partial charge in [-0.15, -0.1) is 0 Å². The van der Waals surface area contributed by atoms with Gasteiger partial charge in [0.15, 0.2) is 0 Å². The second-order valence-electron chi connectivity index (χ2n) is 10.0. The minimum Gasteiger partial charge on any atom is -2.00 e. The molecular weight excluding hydrogens is 719 g/mol. The van der Waals surface area contributed by atoms with E-state index < -0.39 is 0 Å². The van der Waals surface area contributed by atoms with Crippen LogP contribution < -0.4 is 10.6 Å². The van der Waals surface area contributed by atoms with Crippen molar-refractivity contribution >= 4 is 53.4 Å². The van der Waals surface area contributed by atoms with Crippen molar-refractivity contribution in [2.75, 3.05) is 58.1 Å². The average Bonchev–Trinajstić information content (AvgIpc) is 3.20. The van der Waals surface area contributed by atoms with Crippen LogP contribution in [-0.4, -0.2) is 91.8 Å². The molecule has 1 radical (unpaired) electrons. The molecule has 0 saturated carbocycles. The van der Waals surface area contributed by atoms with Crippen LogP contribution in [0.1, 0.15) is 31.2 Å². The van der Waals surface area contributed by atoms with Crippen molar-refractivity contribution in [3.05, 3.63) is 53.6 Å². The number of methoxy groups -OCH3 is 1. The maximum Gasteiger partial charge on any atom is 0.250 e. The van der Waals surface area contributed by atoms with Crippen molar-refractivity contribution in [3.63, 3.8) is 0 Å². The zero-order chi connectivity index (χ0) is 26.9. The number of carbonyl (C=O) groups is 2. The number of amides is 2. The first kappa shape index (κ1) is 34.8. The van der Waals surface area contributed by atoms with Crippen LogP contribution in [-0.2, 0) is 40.2 Å². The molecule has 2 aromatic rings. The summed E-state index contributed by atoms with van der Waals surface area (Å²) < 4.78 is 5.16. The number of carbonyl (C=O) groups excluding carboxylic acids is 2. The Labute approximate surface area is 262 Å². The molecule has 2 bridgehead atoms. The summed E-state index contributed by atoms with van der Waals surface area (Å²) >= 11 is 8.55. The molecule has 8 nitrogen and oxygen atoms in total. The molecule has 1 fully saturated rings. The second-order valence-corrected chi connectivity index (χ2v) is 10.9. The monoisotopic (exact) mass is 759 g/mol. The summed E-state index contributed by atoms with van der Waals surface area (Å²) in [5, 5.41) is 8.25. The third-order valence-electron chi connectivity index (χ3n) is 7.57. The van der Waals surface area contributed by atoms with Crippen molar-refractivity contribution in [2.24, 2.45) is 0 Å². The molecule has 2 heterocycles. The van der Waals surface area contributed by atoms with E-state index in [4.69, 9.17) is 4.74 Å². The molecule has 40 heavy (non-hydrogen) atoms. The van der Waals surface area contributed by atoms with E-state index in [2.05, 4.69) is 88.2 Å². The second kappa shape index (κ2) is 17.5. The summed E-state index contributed by atoms with van der Waals surface area (Å²) in [5.74, 6) is 1.32. The van der Waals surface area contributed by atoms with Gasteiger partial charge in [0.05, 0.1) is 6.54 Å². The van der Waals surface area contributed by atoms with E-state index in [1.807, 2.05) is 0 Å². The SMILES string of the molecule is COCNC(=O)C1=C(c2ccc3ccccc3c2)CC2CC[C@H]1N2CCCN(CCS)CC(=O)NCCS.[O-2].[Re]. The van der Waals surface area contributed by atoms with Crippen molar-refractivity contribution in [1.82, 2.24) is 20.4 Å². The summed E-state index contributed by atoms with van der Waals surface area (Å²) in [6.07, 6.45) is 3.84. The van der Waals surface area contributed by atoms with E-state index in [-0.39, 0.29) is 50.5 Å². The molecule has 2 aliphatic rings. The number of rotatable bonds is 14. The van der Waals surface area contributed by atoms with Gasteiger partial charge in [-0.3, -0.25) is 19.4 Å². The summed E-state index contributed by atoms with van der Waals surface area (Å²) in [7, 11) is 1.59. The number of hydrogen-bond donors (Lipinski definition) is 4. The van der Waals surface area contributed by atoms with Crippen molar-refractivity contribution in [3.8, 4) is 0 Å². The summed E-state index contributed by atoms with van der Waals surface area (Å²) in [6, 6.07) is 15.4. The molecule has 4 rings (SSSR count). The van der Waals surface area contributed by atoms with Crippen LogP contribution >= 0.6 is 25.3 Å². The van der Waals surface area contributed by atoms with E-state index in [9.17, 15) is 9.59 Å². The molecule has 2 aliphatic heterocycles. The Morgan fingerprint density at radius 2 is 1.82 bits per heavy atom. The van der Waals surface area contributed by atoms with Crippen molar-refractivity contribution in [1.29, 1.82) is 0 Å². The Morgan fingerprint density at radius 3 is 2.55 bits per heavy atom. The largest absolute Gasteiger partial charge is 2.00 e. The molecule has 0 aliphatic carbocycles. The maximum absolute atomic E-state index is 13.5. The van der Waals surface area contributed by atoms with E-state index >= 15 is 0 Å². The standard InChI is InChI=1S/C29H40N4O3S2.O.Re/c1-36-20-31-29(35)28-25(23-8-7-21-5-2-3-6-22(21)17-23)18-24-9-10-26(28)33(24)13-4-12-32(14-16-38)19-27(34)30-11-15-37;;/h2-3,5-8,17,24,26,37-38H,4,9-16,18-20H2,1H3,(H,30,34)(H,31,35);;/q;-2;/t24?,26-;;/m1../s1. The zero-order valence-corrected chi connectivity index (χ0v) is 27.5. The van der Waals surface area contributed by atoms with Gasteiger partial charge < -0.3 is 20.8 Å². The van der Waals surface area contributed by atoms with Gasteiger partial charge in [0.1, 0.15) is 6.73 Å². The van der Waals surface area contributed by atoms with Gasteiger partial charge in [-0.1, -0.05) is 36.4 Å². The summed E-state index contributed by atoms with van der Waals surface area (Å²) in [4.78, 5) is 30.4. The molecule has 2 N–H and O–H groups in total. The molecule has 2 aromatic carbocycles. The molecule has 0 aromatic heterocycles. The van der Waals surface area contributed by atoms with Crippen LogP contribution in [0.4, 0.5) is 0 Å². The maximum atomic E-state index is 13.5. The third kappa shape index (κ3) is 8.79. The third-order valence-corrected chi connectivity index (χ3v) is 7.99. The Hall–Kier alpha value is -1.42. The van der Waals surface area contributed by atoms with Gasteiger partial charge in [-0.2, -0.15) is 25.3 Å². The van der Waals surface area contributed by atoms with Crippen LogP contribution in [0, 0.1) is 0 Å². The Kier molecular flexibility index (Phi) is 15.2. The number of nitrogens with one attached hydrogen (secondary N) is 2. The molecule has 0 spiro atoms. The smallest absolute Gasteiger partial charge is 0.250 e. The van der Waals surface area contributed by atoms with Gasteiger partial charge in [-0.05, 0) is 60.2 Å². The van der Waals surface area contributed by atoms with Crippen molar-refractivity contribution < 1.29 is 40.2 Å². The van der Waals surface area contributed by atoms with Gasteiger partial charge in [-0.25, -0.2) is 0 Å². The molecule has 11 heteroatoms. The number of fused-ring (bicyclic) bond motifs is 3. The van der Waals surface area contributed by atoms with E-state index in [0.29, 0.717) is 30.6 Å². The fourth-order valence-corrected chi connectivity index (χ4v) is 6.26. The van der Waals surface area contributed by atoms with Crippen molar-refractivity contribution in [2.45, 2.75) is 37.8 Å². The minimum atomic E-state index is -0.0390. The first-order valence-corrected chi connectivity index (χ1v) is 14.8. The predicted molar refractivity (Wildman–Crippen MR) is 161 cm³/mol. The van der Waals surface area contributed by atoms with E-state index in [1.165, 1.54) is 10.8 Å². The summed E-state index contributed by atoms with van der Waals surface area (Å²) in [5.41, 5.74) is 3.17. The van der Waals surface area contributed by atoms with E-state index in [1.54, 1.807) is 7.11 Å². The Balaban J connectivity index is 0.00000280. The molecule has 2 atom stereocenters. The molecule has 1 unspecified atom stereocenters. The fourth-order valence-electron chi connectivity index (χ4n) is 5.87. The quantitative estimate of drug-likeness (QED) is 0.176. The van der Waals surface area contributed by atoms with Crippen LogP contribution in [0.3, 0.4) is 0 Å². The van der Waals surface area contributed by atoms with Gasteiger partial charge in [0.2, 0.25) is 5.91 Å². The van der Waals surface area contributed by atoms with Crippen LogP contribution in [0.5, 0.6) is 0 Å². The Bertz CT molecular complexity index is 1150. The number of nitrogens with zero attached hydrogens (tertiary/aromatic N) is 2. The molecule has 1 saturated heterocycles. The van der Waals surface area contributed by atoms with Gasteiger partial charge >= 0.3 is 0 Å². The Morgan fingerprint density at radius 1 is 1.05 bits per heavy atom. The topological polar surface area (TPSA) is 102 Å². The van der Waals surface area contributed by atoms with Gasteiger partial charge in [0, 0.05) is 76.3 Å². The fraction of sp³-hybridized carbons (Fsp3) is 0.517. The number of ether oxygens (including phenoxy) is 1. The number of hydrogen-bond acceptors (Lipinski definition) is 7. The molecule has 221 valence electrons. The predicted octanol–water partition coefficient (Wildman–Crippen LogP) is 3.10. The van der Waals surface area contributed by atoms with Crippen LogP contribution in [0.15, 0.2) is 48.0 Å². The molecular formula is C29H40N4O4ReS2-2. The number of benzene rings is 2. The van der Waals surface area contributed by atoms with Crippen LogP contribution in [0.25, 0.3) is 16.3 Å². The normalized spacial score (nSPS) is 18.4.